The summed E-state index contributed by atoms with van der Waals surface area (Å²) in [6, 6.07) is 8.35. The summed E-state index contributed by atoms with van der Waals surface area (Å²) in [6.07, 6.45) is -5.31. The number of hydrogen-bond donors (Lipinski definition) is 4. The Bertz CT molecular complexity index is 1090. The van der Waals surface area contributed by atoms with Crippen LogP contribution in [0.1, 0.15) is 6.23 Å². The van der Waals surface area contributed by atoms with Crippen LogP contribution in [0.2, 0.25) is 0 Å². The van der Waals surface area contributed by atoms with E-state index in [2.05, 4.69) is 0 Å². The molecule has 166 valence electrons. The van der Waals surface area contributed by atoms with Crippen LogP contribution in [0.5, 0.6) is 5.75 Å². The molecule has 1 aromatic heterocycles. The predicted octanol–water partition coefficient (Wildman–Crippen LogP) is 2.05. The lowest BCUT2D eigenvalue weighted by Gasteiger charge is -2.40. The summed E-state index contributed by atoms with van der Waals surface area (Å²) < 4.78 is 40.6. The van der Waals surface area contributed by atoms with Crippen molar-refractivity contribution >= 4 is 22.7 Å². The first-order chi connectivity index (χ1) is 14.8. The topological polar surface area (TPSA) is 104 Å². The maximum Gasteiger partial charge on any atom is 0.163 e. The molecule has 1 aliphatic rings. The highest BCUT2D eigenvalue weighted by Crippen LogP contribution is 2.40. The van der Waals surface area contributed by atoms with Crippen LogP contribution in [0, 0.1) is 11.6 Å². The van der Waals surface area contributed by atoms with Crippen molar-refractivity contribution in [2.75, 3.05) is 13.7 Å². The van der Waals surface area contributed by atoms with Crippen molar-refractivity contribution in [1.29, 1.82) is 0 Å². The van der Waals surface area contributed by atoms with Gasteiger partial charge in [0.25, 0.3) is 0 Å². The molecule has 7 nitrogen and oxygen atoms in total. The SMILES string of the molecule is COc1ccc(Sc2cn([C@@H]3O[C@H](CO)[C@@H](O)[C@H](O)[C@H]3O)c3ccc(F)cc23)c(F)c1. The third-order valence-electron chi connectivity index (χ3n) is 5.26. The van der Waals surface area contributed by atoms with Gasteiger partial charge in [0.15, 0.2) is 6.23 Å². The van der Waals surface area contributed by atoms with Crippen LogP contribution in [0.15, 0.2) is 52.4 Å². The van der Waals surface area contributed by atoms with Crippen LogP contribution in [0.3, 0.4) is 0 Å². The van der Waals surface area contributed by atoms with Gasteiger partial charge in [-0.2, -0.15) is 0 Å². The fourth-order valence-electron chi connectivity index (χ4n) is 3.61. The number of fused-ring (bicyclic) bond motifs is 1. The molecule has 1 saturated heterocycles. The largest absolute Gasteiger partial charge is 0.497 e. The third-order valence-corrected chi connectivity index (χ3v) is 6.35. The maximum atomic E-state index is 14.5. The van der Waals surface area contributed by atoms with Crippen molar-refractivity contribution in [2.45, 2.75) is 40.4 Å². The third kappa shape index (κ3) is 4.02. The molecule has 1 aliphatic heterocycles. The van der Waals surface area contributed by atoms with Gasteiger partial charge >= 0.3 is 0 Å². The number of benzene rings is 2. The highest BCUT2D eigenvalue weighted by molar-refractivity contribution is 7.99. The Labute approximate surface area is 180 Å². The van der Waals surface area contributed by atoms with Gasteiger partial charge in [-0.05, 0) is 30.3 Å². The average molecular weight is 453 g/mol. The summed E-state index contributed by atoms with van der Waals surface area (Å²) >= 11 is 1.05. The molecule has 2 aromatic carbocycles. The fraction of sp³-hybridized carbons (Fsp3) is 0.333. The molecule has 4 N–H and O–H groups in total. The smallest absolute Gasteiger partial charge is 0.163 e. The zero-order chi connectivity index (χ0) is 22.3. The van der Waals surface area contributed by atoms with E-state index in [0.717, 1.165) is 11.8 Å². The second-order valence-electron chi connectivity index (χ2n) is 7.18. The van der Waals surface area contributed by atoms with Crippen molar-refractivity contribution < 1.29 is 38.7 Å². The van der Waals surface area contributed by atoms with Crippen molar-refractivity contribution in [3.8, 4) is 5.75 Å². The zero-order valence-electron chi connectivity index (χ0n) is 16.4. The van der Waals surface area contributed by atoms with E-state index in [9.17, 15) is 29.2 Å². The van der Waals surface area contributed by atoms with Crippen LogP contribution in [-0.4, -0.2) is 63.1 Å². The van der Waals surface area contributed by atoms with Crippen LogP contribution < -0.4 is 4.74 Å². The first-order valence-corrected chi connectivity index (χ1v) is 10.3. The van der Waals surface area contributed by atoms with E-state index in [0.29, 0.717) is 21.5 Å². The van der Waals surface area contributed by atoms with Gasteiger partial charge in [-0.3, -0.25) is 0 Å². The van der Waals surface area contributed by atoms with Gasteiger partial charge < -0.3 is 34.5 Å². The summed E-state index contributed by atoms with van der Waals surface area (Å²) in [4.78, 5) is 0.758. The normalized spacial score (nSPS) is 26.4. The van der Waals surface area contributed by atoms with Crippen LogP contribution in [0.25, 0.3) is 10.9 Å². The van der Waals surface area contributed by atoms with Gasteiger partial charge in [0.2, 0.25) is 0 Å². The fourth-order valence-corrected chi connectivity index (χ4v) is 4.58. The number of methoxy groups -OCH3 is 1. The Morgan fingerprint density at radius 2 is 1.81 bits per heavy atom. The molecule has 2 heterocycles. The number of aliphatic hydroxyl groups is 4. The van der Waals surface area contributed by atoms with E-state index < -0.39 is 48.9 Å². The molecule has 0 saturated carbocycles. The Kier molecular flexibility index (Phi) is 6.20. The standard InChI is InChI=1S/C21H21F2NO6S/c1-29-11-3-5-16(13(23)7-11)31-17-8-24(14-4-2-10(22)6-12(14)17)21-20(28)19(27)18(26)15(9-25)30-21/h2-8,15,18-21,25-28H,9H2,1H3/t15-,18-,19+,20-,21-/m1/s1. The minimum atomic E-state index is -1.57. The predicted molar refractivity (Wildman–Crippen MR) is 108 cm³/mol. The molecular formula is C21H21F2NO6S. The second kappa shape index (κ2) is 8.73. The number of halogens is 2. The van der Waals surface area contributed by atoms with Crippen LogP contribution in [0.4, 0.5) is 8.78 Å². The van der Waals surface area contributed by atoms with Gasteiger partial charge in [0, 0.05) is 27.4 Å². The molecule has 1 fully saturated rings. The Balaban J connectivity index is 1.78. The van der Waals surface area contributed by atoms with Crippen LogP contribution in [-0.2, 0) is 4.74 Å². The Hall–Kier alpha value is -2.21. The van der Waals surface area contributed by atoms with Gasteiger partial charge in [0.1, 0.15) is 41.8 Å². The molecule has 10 heteroatoms. The number of nitrogens with zero attached hydrogens (tertiary/aromatic N) is 1. The minimum absolute atomic E-state index is 0.276. The average Bonchev–Trinajstić information content (AvgIpc) is 3.11. The van der Waals surface area contributed by atoms with E-state index in [1.54, 1.807) is 12.3 Å². The number of rotatable bonds is 5. The van der Waals surface area contributed by atoms with Gasteiger partial charge in [-0.15, -0.1) is 0 Å². The van der Waals surface area contributed by atoms with E-state index in [1.165, 1.54) is 42.0 Å². The molecule has 0 unspecified atom stereocenters. The molecule has 3 aromatic rings. The summed E-state index contributed by atoms with van der Waals surface area (Å²) in [7, 11) is 1.43. The summed E-state index contributed by atoms with van der Waals surface area (Å²) in [5.41, 5.74) is 0.460. The zero-order valence-corrected chi connectivity index (χ0v) is 17.2. The first kappa shape index (κ1) is 22.0. The number of hydrogen-bond acceptors (Lipinski definition) is 7. The second-order valence-corrected chi connectivity index (χ2v) is 8.26. The molecule has 0 bridgehead atoms. The molecular weight excluding hydrogens is 432 g/mol. The van der Waals surface area contributed by atoms with Crippen molar-refractivity contribution in [3.63, 3.8) is 0 Å². The highest BCUT2D eigenvalue weighted by atomic mass is 32.2. The molecule has 31 heavy (non-hydrogen) atoms. The van der Waals surface area contributed by atoms with Gasteiger partial charge in [-0.25, -0.2) is 8.78 Å². The van der Waals surface area contributed by atoms with Crippen LogP contribution >= 0.6 is 11.8 Å². The quantitative estimate of drug-likeness (QED) is 0.469. The van der Waals surface area contributed by atoms with E-state index in [4.69, 9.17) is 9.47 Å². The highest BCUT2D eigenvalue weighted by Gasteiger charge is 2.44. The first-order valence-electron chi connectivity index (χ1n) is 9.46. The molecule has 5 atom stereocenters. The number of aromatic nitrogens is 1. The molecule has 0 amide bonds. The minimum Gasteiger partial charge on any atom is -0.497 e. The lowest BCUT2D eigenvalue weighted by atomic mass is 9.98. The number of aliphatic hydroxyl groups excluding tert-OH is 4. The van der Waals surface area contributed by atoms with Crippen molar-refractivity contribution in [1.82, 2.24) is 4.57 Å². The molecule has 0 radical (unpaired) electrons. The Morgan fingerprint density at radius 1 is 1.03 bits per heavy atom. The van der Waals surface area contributed by atoms with Crippen molar-refractivity contribution in [3.05, 3.63) is 54.2 Å². The van der Waals surface area contributed by atoms with Gasteiger partial charge in [0.05, 0.1) is 19.2 Å². The van der Waals surface area contributed by atoms with E-state index in [1.807, 2.05) is 0 Å². The number of ether oxygens (including phenoxy) is 2. The Morgan fingerprint density at radius 3 is 2.48 bits per heavy atom. The van der Waals surface area contributed by atoms with Gasteiger partial charge in [-0.1, -0.05) is 11.8 Å². The van der Waals surface area contributed by atoms with Crippen molar-refractivity contribution in [2.24, 2.45) is 0 Å². The van der Waals surface area contributed by atoms with E-state index >= 15 is 0 Å². The van der Waals surface area contributed by atoms with E-state index in [-0.39, 0.29) is 4.90 Å². The summed E-state index contributed by atoms with van der Waals surface area (Å²) in [5.74, 6) is -0.665. The lowest BCUT2D eigenvalue weighted by Crippen LogP contribution is -2.56. The lowest BCUT2D eigenvalue weighted by molar-refractivity contribution is -0.250. The summed E-state index contributed by atoms with van der Waals surface area (Å²) in [6.45, 7) is -0.575. The summed E-state index contributed by atoms with van der Waals surface area (Å²) in [5, 5.41) is 40.6. The molecule has 0 spiro atoms. The molecule has 4 rings (SSSR count). The molecule has 0 aliphatic carbocycles. The monoisotopic (exact) mass is 453 g/mol. The maximum absolute atomic E-state index is 14.5.